The lowest BCUT2D eigenvalue weighted by molar-refractivity contribution is -0.134. The first kappa shape index (κ1) is 21.5. The van der Waals surface area contributed by atoms with E-state index in [0.717, 1.165) is 23.5 Å². The second-order valence-corrected chi connectivity index (χ2v) is 7.70. The first-order valence-electron chi connectivity index (χ1n) is 8.49. The monoisotopic (exact) mass is 429 g/mol. The highest BCUT2D eigenvalue weighted by Gasteiger charge is 2.18. The molecule has 2 aromatic rings. The van der Waals surface area contributed by atoms with E-state index in [1.54, 1.807) is 22.1 Å². The fourth-order valence-electron chi connectivity index (χ4n) is 2.56. The minimum absolute atomic E-state index is 0.0802. The van der Waals surface area contributed by atoms with Crippen molar-refractivity contribution in [2.24, 2.45) is 0 Å². The molecule has 0 saturated carbocycles. The molecule has 0 aliphatic rings. The predicted octanol–water partition coefficient (Wildman–Crippen LogP) is 3.79. The van der Waals surface area contributed by atoms with Crippen LogP contribution in [0.5, 0.6) is 0 Å². The van der Waals surface area contributed by atoms with Crippen molar-refractivity contribution in [3.63, 3.8) is 0 Å². The Kier molecular flexibility index (Phi) is 7.89. The summed E-state index contributed by atoms with van der Waals surface area (Å²) in [5.41, 5.74) is 1.27. The largest absolute Gasteiger partial charge is 0.333 e. The molecule has 0 aliphatic carbocycles. The maximum Gasteiger partial charge on any atom is 0.307 e. The van der Waals surface area contributed by atoms with Crippen molar-refractivity contribution >= 4 is 52.0 Å². The SMILES string of the molecule is CCCN(CC(=O)Nc1ccc(Cl)cc1Cl)C(=O)CCn1c(C)csc1=O. The van der Waals surface area contributed by atoms with Gasteiger partial charge in [-0.15, -0.1) is 0 Å². The highest BCUT2D eigenvalue weighted by atomic mass is 35.5. The fraction of sp³-hybridized carbons (Fsp3) is 0.389. The third kappa shape index (κ3) is 6.09. The van der Waals surface area contributed by atoms with Gasteiger partial charge in [-0.3, -0.25) is 14.4 Å². The van der Waals surface area contributed by atoms with Gasteiger partial charge in [0.05, 0.1) is 17.3 Å². The van der Waals surface area contributed by atoms with Crippen LogP contribution in [0.4, 0.5) is 5.69 Å². The van der Waals surface area contributed by atoms with Gasteiger partial charge in [-0.25, -0.2) is 0 Å². The topological polar surface area (TPSA) is 71.4 Å². The van der Waals surface area contributed by atoms with Gasteiger partial charge in [0, 0.05) is 35.6 Å². The van der Waals surface area contributed by atoms with Crippen LogP contribution >= 0.6 is 34.5 Å². The molecule has 0 spiro atoms. The lowest BCUT2D eigenvalue weighted by Crippen LogP contribution is -2.39. The first-order valence-corrected chi connectivity index (χ1v) is 10.1. The number of nitrogens with one attached hydrogen (secondary N) is 1. The lowest BCUT2D eigenvalue weighted by atomic mass is 10.3. The number of nitrogens with zero attached hydrogens (tertiary/aromatic N) is 2. The summed E-state index contributed by atoms with van der Waals surface area (Å²) in [5.74, 6) is -0.517. The third-order valence-corrected chi connectivity index (χ3v) is 5.34. The Bertz CT molecular complexity index is 879. The van der Waals surface area contributed by atoms with Crippen LogP contribution in [0.25, 0.3) is 0 Å². The van der Waals surface area contributed by atoms with E-state index in [1.165, 1.54) is 11.0 Å². The van der Waals surface area contributed by atoms with E-state index in [9.17, 15) is 14.4 Å². The van der Waals surface area contributed by atoms with Crippen LogP contribution in [0.1, 0.15) is 25.5 Å². The molecule has 2 rings (SSSR count). The molecular formula is C18H21Cl2N3O3S. The Balaban J connectivity index is 1.97. The number of carbonyl (C=O) groups is 2. The van der Waals surface area contributed by atoms with Crippen molar-refractivity contribution in [1.82, 2.24) is 9.47 Å². The lowest BCUT2D eigenvalue weighted by Gasteiger charge is -2.22. The number of thiazole rings is 1. The number of amides is 2. The van der Waals surface area contributed by atoms with Crippen LogP contribution < -0.4 is 10.2 Å². The average molecular weight is 430 g/mol. The van der Waals surface area contributed by atoms with Gasteiger partial charge in [0.15, 0.2) is 0 Å². The Morgan fingerprint density at radius 3 is 2.63 bits per heavy atom. The van der Waals surface area contributed by atoms with Gasteiger partial charge < -0.3 is 14.8 Å². The van der Waals surface area contributed by atoms with Crippen molar-refractivity contribution < 1.29 is 9.59 Å². The molecule has 1 aromatic carbocycles. The minimum atomic E-state index is -0.343. The standard InChI is InChI=1S/C18H21Cl2N3O3S/c1-3-7-22(17(25)6-8-23-12(2)11-27-18(23)26)10-16(24)21-15-5-4-13(19)9-14(15)20/h4-5,9,11H,3,6-8,10H2,1-2H3,(H,21,24). The van der Waals surface area contributed by atoms with Gasteiger partial charge in [0.1, 0.15) is 0 Å². The molecule has 1 heterocycles. The van der Waals surface area contributed by atoms with Crippen LogP contribution in [0.2, 0.25) is 10.0 Å². The molecule has 6 nitrogen and oxygen atoms in total. The van der Waals surface area contributed by atoms with Gasteiger partial charge in [0.2, 0.25) is 11.8 Å². The molecule has 0 bridgehead atoms. The smallest absolute Gasteiger partial charge is 0.307 e. The van der Waals surface area contributed by atoms with E-state index in [-0.39, 0.29) is 29.7 Å². The molecule has 1 N–H and O–H groups in total. The van der Waals surface area contributed by atoms with E-state index in [0.29, 0.717) is 28.8 Å². The van der Waals surface area contributed by atoms with Crippen molar-refractivity contribution in [3.8, 4) is 0 Å². The fourth-order valence-corrected chi connectivity index (χ4v) is 3.77. The minimum Gasteiger partial charge on any atom is -0.333 e. The van der Waals surface area contributed by atoms with Crippen molar-refractivity contribution in [3.05, 3.63) is 49.0 Å². The second-order valence-electron chi connectivity index (χ2n) is 6.03. The molecule has 0 aliphatic heterocycles. The highest BCUT2D eigenvalue weighted by molar-refractivity contribution is 7.07. The quantitative estimate of drug-likeness (QED) is 0.693. The molecular weight excluding hydrogens is 409 g/mol. The first-order chi connectivity index (χ1) is 12.8. The molecule has 2 amide bonds. The zero-order chi connectivity index (χ0) is 20.0. The van der Waals surface area contributed by atoms with E-state index in [1.807, 2.05) is 13.8 Å². The van der Waals surface area contributed by atoms with Gasteiger partial charge in [-0.05, 0) is 31.5 Å². The van der Waals surface area contributed by atoms with Crippen molar-refractivity contribution in [2.45, 2.75) is 33.2 Å². The molecule has 146 valence electrons. The van der Waals surface area contributed by atoms with E-state index in [2.05, 4.69) is 5.32 Å². The number of rotatable bonds is 8. The summed E-state index contributed by atoms with van der Waals surface area (Å²) in [4.78, 5) is 38.0. The number of aromatic nitrogens is 1. The van der Waals surface area contributed by atoms with Gasteiger partial charge in [-0.2, -0.15) is 0 Å². The van der Waals surface area contributed by atoms with Crippen LogP contribution in [0.3, 0.4) is 0 Å². The van der Waals surface area contributed by atoms with Gasteiger partial charge in [0.25, 0.3) is 0 Å². The number of anilines is 1. The number of benzene rings is 1. The van der Waals surface area contributed by atoms with Crippen LogP contribution in [0.15, 0.2) is 28.4 Å². The molecule has 0 saturated heterocycles. The molecule has 27 heavy (non-hydrogen) atoms. The Morgan fingerprint density at radius 1 is 1.30 bits per heavy atom. The Labute approximate surface area is 171 Å². The van der Waals surface area contributed by atoms with E-state index >= 15 is 0 Å². The molecule has 1 aromatic heterocycles. The van der Waals surface area contributed by atoms with E-state index < -0.39 is 0 Å². The molecule has 0 unspecified atom stereocenters. The van der Waals surface area contributed by atoms with Gasteiger partial charge in [-0.1, -0.05) is 41.5 Å². The zero-order valence-corrected chi connectivity index (χ0v) is 17.5. The number of halogens is 2. The maximum absolute atomic E-state index is 12.5. The number of carbonyl (C=O) groups excluding carboxylic acids is 2. The zero-order valence-electron chi connectivity index (χ0n) is 15.1. The summed E-state index contributed by atoms with van der Waals surface area (Å²) in [6.07, 6.45) is 0.880. The van der Waals surface area contributed by atoms with Crippen molar-refractivity contribution in [2.75, 3.05) is 18.4 Å². The number of aryl methyl sites for hydroxylation is 1. The summed E-state index contributed by atoms with van der Waals surface area (Å²) in [7, 11) is 0. The Hall–Kier alpha value is -1.83. The van der Waals surface area contributed by atoms with Crippen LogP contribution in [0, 0.1) is 6.92 Å². The molecule has 9 heteroatoms. The summed E-state index contributed by atoms with van der Waals surface area (Å²) in [6.45, 7) is 4.44. The van der Waals surface area contributed by atoms with E-state index in [4.69, 9.17) is 23.2 Å². The summed E-state index contributed by atoms with van der Waals surface area (Å²) in [5, 5.41) is 5.26. The summed E-state index contributed by atoms with van der Waals surface area (Å²) < 4.78 is 1.57. The maximum atomic E-state index is 12.5. The number of hydrogen-bond acceptors (Lipinski definition) is 4. The summed E-state index contributed by atoms with van der Waals surface area (Å²) >= 11 is 13.0. The third-order valence-electron chi connectivity index (χ3n) is 3.91. The normalized spacial score (nSPS) is 10.7. The van der Waals surface area contributed by atoms with Crippen molar-refractivity contribution in [1.29, 1.82) is 0 Å². The average Bonchev–Trinajstić information content (AvgIpc) is 2.93. The molecule has 0 fully saturated rings. The van der Waals surface area contributed by atoms with Gasteiger partial charge >= 0.3 is 4.87 Å². The van der Waals surface area contributed by atoms with Crippen LogP contribution in [-0.4, -0.2) is 34.4 Å². The highest BCUT2D eigenvalue weighted by Crippen LogP contribution is 2.25. The summed E-state index contributed by atoms with van der Waals surface area (Å²) in [6, 6.07) is 4.77. The molecule has 0 radical (unpaired) electrons. The Morgan fingerprint density at radius 2 is 2.04 bits per heavy atom. The van der Waals surface area contributed by atoms with Crippen LogP contribution in [-0.2, 0) is 16.1 Å². The number of hydrogen-bond donors (Lipinski definition) is 1. The predicted molar refractivity (Wildman–Crippen MR) is 110 cm³/mol. The molecule has 0 atom stereocenters. The second kappa shape index (κ2) is 9.92.